The maximum atomic E-state index is 13.0. The minimum atomic E-state index is -0.168. The van der Waals surface area contributed by atoms with Crippen LogP contribution in [0.25, 0.3) is 22.2 Å². The van der Waals surface area contributed by atoms with Crippen LogP contribution >= 0.6 is 23.2 Å². The highest BCUT2D eigenvalue weighted by Gasteiger charge is 2.14. The van der Waals surface area contributed by atoms with Gasteiger partial charge < -0.3 is 5.32 Å². The lowest BCUT2D eigenvalue weighted by Gasteiger charge is -2.11. The monoisotopic (exact) mass is 421 g/mol. The Morgan fingerprint density at radius 1 is 0.966 bits per heavy atom. The molecule has 6 heteroatoms. The fraction of sp³-hybridized carbons (Fsp3) is 0.0870. The molecule has 0 spiro atoms. The van der Waals surface area contributed by atoms with Crippen LogP contribution in [0, 0.1) is 0 Å². The van der Waals surface area contributed by atoms with Crippen LogP contribution in [0.1, 0.15) is 15.9 Å². The Labute approximate surface area is 178 Å². The lowest BCUT2D eigenvalue weighted by atomic mass is 10.0. The molecule has 144 valence electrons. The fourth-order valence-corrected chi connectivity index (χ4v) is 3.41. The molecule has 0 saturated carbocycles. The number of hydrogen-bond donors (Lipinski definition) is 1. The minimum absolute atomic E-state index is 0.168. The summed E-state index contributed by atoms with van der Waals surface area (Å²) in [7, 11) is 0. The fourth-order valence-electron chi connectivity index (χ4n) is 3.11. The van der Waals surface area contributed by atoms with Crippen LogP contribution in [-0.2, 0) is 6.42 Å². The number of carbonyl (C=O) groups excluding carboxylic acids is 1. The van der Waals surface area contributed by atoms with Gasteiger partial charge in [-0.2, -0.15) is 0 Å². The van der Waals surface area contributed by atoms with E-state index in [-0.39, 0.29) is 5.91 Å². The van der Waals surface area contributed by atoms with E-state index in [1.807, 2.05) is 42.5 Å². The zero-order valence-corrected chi connectivity index (χ0v) is 16.9. The average molecular weight is 422 g/mol. The van der Waals surface area contributed by atoms with Gasteiger partial charge in [-0.15, -0.1) is 0 Å². The van der Waals surface area contributed by atoms with Crippen molar-refractivity contribution in [3.05, 3.63) is 94.2 Å². The number of benzene rings is 2. The molecule has 0 atom stereocenters. The lowest BCUT2D eigenvalue weighted by Crippen LogP contribution is -2.26. The first-order valence-corrected chi connectivity index (χ1v) is 9.89. The smallest absolute Gasteiger partial charge is 0.252 e. The van der Waals surface area contributed by atoms with Crippen LogP contribution in [0.5, 0.6) is 0 Å². The van der Waals surface area contributed by atoms with Gasteiger partial charge in [0.1, 0.15) is 0 Å². The summed E-state index contributed by atoms with van der Waals surface area (Å²) in [6.07, 6.45) is 4.14. The van der Waals surface area contributed by atoms with Gasteiger partial charge in [-0.1, -0.05) is 35.3 Å². The van der Waals surface area contributed by atoms with Gasteiger partial charge in [0.15, 0.2) is 0 Å². The zero-order chi connectivity index (χ0) is 20.2. The van der Waals surface area contributed by atoms with Crippen molar-refractivity contribution < 1.29 is 4.79 Å². The highest BCUT2D eigenvalue weighted by Crippen LogP contribution is 2.26. The molecule has 1 amide bonds. The predicted molar refractivity (Wildman–Crippen MR) is 117 cm³/mol. The van der Waals surface area contributed by atoms with Crippen molar-refractivity contribution >= 4 is 40.0 Å². The zero-order valence-electron chi connectivity index (χ0n) is 15.4. The van der Waals surface area contributed by atoms with E-state index in [2.05, 4.69) is 15.3 Å². The second-order valence-corrected chi connectivity index (χ2v) is 7.46. The first-order chi connectivity index (χ1) is 14.1. The quantitative estimate of drug-likeness (QED) is 0.457. The number of aromatic nitrogens is 2. The molecule has 0 aliphatic heterocycles. The molecular formula is C23H17Cl2N3O. The molecule has 0 unspecified atom stereocenters. The first kappa shape index (κ1) is 19.4. The van der Waals surface area contributed by atoms with Crippen molar-refractivity contribution in [2.75, 3.05) is 6.54 Å². The van der Waals surface area contributed by atoms with Crippen molar-refractivity contribution in [3.63, 3.8) is 0 Å². The second kappa shape index (κ2) is 8.60. The van der Waals surface area contributed by atoms with Crippen LogP contribution in [0.15, 0.2) is 73.1 Å². The number of hydrogen-bond acceptors (Lipinski definition) is 3. The molecule has 4 aromatic rings. The number of fused-ring (bicyclic) bond motifs is 1. The molecule has 2 heterocycles. The number of nitrogens with zero attached hydrogens (tertiary/aromatic N) is 2. The summed E-state index contributed by atoms with van der Waals surface area (Å²) >= 11 is 12.1. The van der Waals surface area contributed by atoms with Crippen molar-refractivity contribution in [2.24, 2.45) is 0 Å². The molecule has 0 radical (unpaired) electrons. The summed E-state index contributed by atoms with van der Waals surface area (Å²) in [5.74, 6) is -0.168. The molecule has 0 saturated heterocycles. The topological polar surface area (TPSA) is 54.9 Å². The first-order valence-electron chi connectivity index (χ1n) is 9.13. The third-order valence-electron chi connectivity index (χ3n) is 4.59. The Bertz CT molecular complexity index is 1160. The van der Waals surface area contributed by atoms with E-state index in [4.69, 9.17) is 23.2 Å². The van der Waals surface area contributed by atoms with Gasteiger partial charge in [-0.05, 0) is 60.5 Å². The Balaban J connectivity index is 1.62. The second-order valence-electron chi connectivity index (χ2n) is 6.59. The van der Waals surface area contributed by atoms with E-state index in [0.717, 1.165) is 11.1 Å². The van der Waals surface area contributed by atoms with Gasteiger partial charge >= 0.3 is 0 Å². The molecule has 4 nitrogen and oxygen atoms in total. The van der Waals surface area contributed by atoms with Crippen molar-refractivity contribution in [3.8, 4) is 11.3 Å². The number of carbonyl (C=O) groups is 1. The van der Waals surface area contributed by atoms with Crippen molar-refractivity contribution in [2.45, 2.75) is 6.42 Å². The van der Waals surface area contributed by atoms with Gasteiger partial charge in [-0.3, -0.25) is 9.78 Å². The Hall–Kier alpha value is -2.95. The standard InChI is InChI=1S/C23H17Cl2N3O/c24-17-5-3-15(4-6-17)9-11-27-23(29)20-13-22(16-2-1-10-26-14-16)28-21-8-7-18(25)12-19(20)21/h1-8,10,12-14H,9,11H2,(H,27,29). The van der Waals surface area contributed by atoms with Crippen molar-refractivity contribution in [1.82, 2.24) is 15.3 Å². The van der Waals surface area contributed by atoms with Crippen LogP contribution < -0.4 is 5.32 Å². The summed E-state index contributed by atoms with van der Waals surface area (Å²) in [4.78, 5) is 21.8. The van der Waals surface area contributed by atoms with E-state index in [1.165, 1.54) is 0 Å². The van der Waals surface area contributed by atoms with Crippen LogP contribution in [-0.4, -0.2) is 22.4 Å². The number of rotatable bonds is 5. The molecule has 4 rings (SSSR count). The molecule has 2 aromatic heterocycles. The van der Waals surface area contributed by atoms with E-state index < -0.39 is 0 Å². The largest absolute Gasteiger partial charge is 0.352 e. The highest BCUT2D eigenvalue weighted by atomic mass is 35.5. The molecule has 0 bridgehead atoms. The van der Waals surface area contributed by atoms with Gasteiger partial charge in [0, 0.05) is 39.9 Å². The maximum absolute atomic E-state index is 13.0. The van der Waals surface area contributed by atoms with Crippen LogP contribution in [0.4, 0.5) is 0 Å². The molecular weight excluding hydrogens is 405 g/mol. The molecule has 0 aliphatic rings. The van der Waals surface area contributed by atoms with Crippen molar-refractivity contribution in [1.29, 1.82) is 0 Å². The molecule has 1 N–H and O–H groups in total. The third-order valence-corrected chi connectivity index (χ3v) is 5.07. The molecule has 0 fully saturated rings. The van der Waals surface area contributed by atoms with Gasteiger partial charge in [-0.25, -0.2) is 4.98 Å². The molecule has 2 aromatic carbocycles. The Kier molecular flexibility index (Phi) is 5.74. The SMILES string of the molecule is O=C(NCCc1ccc(Cl)cc1)c1cc(-c2cccnc2)nc2ccc(Cl)cc12. The third kappa shape index (κ3) is 4.56. The summed E-state index contributed by atoms with van der Waals surface area (Å²) in [5, 5.41) is 4.96. The minimum Gasteiger partial charge on any atom is -0.352 e. The van der Waals surface area contributed by atoms with Crippen LogP contribution in [0.2, 0.25) is 10.0 Å². The van der Waals surface area contributed by atoms with E-state index in [9.17, 15) is 4.79 Å². The summed E-state index contributed by atoms with van der Waals surface area (Å²) < 4.78 is 0. The normalized spacial score (nSPS) is 10.8. The number of nitrogens with one attached hydrogen (secondary N) is 1. The predicted octanol–water partition coefficient (Wildman–Crippen LogP) is 5.58. The summed E-state index contributed by atoms with van der Waals surface area (Å²) in [6, 6.07) is 18.5. The van der Waals surface area contributed by atoms with Gasteiger partial charge in [0.05, 0.1) is 16.8 Å². The number of amides is 1. The Morgan fingerprint density at radius 3 is 2.52 bits per heavy atom. The van der Waals surface area contributed by atoms with E-state index in [0.29, 0.717) is 45.2 Å². The molecule has 0 aliphatic carbocycles. The van der Waals surface area contributed by atoms with Crippen LogP contribution in [0.3, 0.4) is 0 Å². The van der Waals surface area contributed by atoms with Gasteiger partial charge in [0.25, 0.3) is 5.91 Å². The average Bonchev–Trinajstić information content (AvgIpc) is 2.75. The van der Waals surface area contributed by atoms with E-state index in [1.54, 1.807) is 30.6 Å². The number of pyridine rings is 2. The van der Waals surface area contributed by atoms with E-state index >= 15 is 0 Å². The lowest BCUT2D eigenvalue weighted by molar-refractivity contribution is 0.0956. The number of halogens is 2. The Morgan fingerprint density at radius 2 is 1.76 bits per heavy atom. The summed E-state index contributed by atoms with van der Waals surface area (Å²) in [6.45, 7) is 0.507. The highest BCUT2D eigenvalue weighted by molar-refractivity contribution is 6.31. The maximum Gasteiger partial charge on any atom is 0.252 e. The molecule has 29 heavy (non-hydrogen) atoms. The summed E-state index contributed by atoms with van der Waals surface area (Å²) in [5.41, 5.74) is 3.88. The van der Waals surface area contributed by atoms with Gasteiger partial charge in [0.2, 0.25) is 0 Å².